The van der Waals surface area contributed by atoms with E-state index in [1.165, 1.54) is 27.5 Å². The van der Waals surface area contributed by atoms with E-state index in [1.54, 1.807) is 28.2 Å². The van der Waals surface area contributed by atoms with Crippen molar-refractivity contribution in [2.24, 2.45) is 0 Å². The zero-order chi connectivity index (χ0) is 19.6. The van der Waals surface area contributed by atoms with E-state index in [0.29, 0.717) is 5.02 Å². The third-order valence-corrected chi connectivity index (χ3v) is 7.13. The van der Waals surface area contributed by atoms with Gasteiger partial charge in [0.05, 0.1) is 10.6 Å². The van der Waals surface area contributed by atoms with Crippen LogP contribution in [0, 0.1) is 0 Å². The highest BCUT2D eigenvalue weighted by molar-refractivity contribution is 7.56. The standard InChI is InChI=1S/C13H18Cl5N4O2P/c1-21(2)25(24,22(3)4)20-12(13(16,17)18)19-11(23)9-6-5-8(14)7-10(9)15/h5-7,12H,1-4H3,(H,19,23)(H,20,24). The number of halogens is 5. The summed E-state index contributed by atoms with van der Waals surface area (Å²) in [7, 11) is 3.10. The van der Waals surface area contributed by atoms with Crippen LogP contribution in [0.25, 0.3) is 0 Å². The molecular formula is C13H18Cl5N4O2P. The van der Waals surface area contributed by atoms with Gasteiger partial charge < -0.3 is 5.32 Å². The fourth-order valence-electron chi connectivity index (χ4n) is 1.83. The Morgan fingerprint density at radius 2 is 1.64 bits per heavy atom. The number of alkyl halides is 3. The second-order valence-corrected chi connectivity index (χ2v) is 11.6. The lowest BCUT2D eigenvalue weighted by Gasteiger charge is -2.36. The first-order valence-electron chi connectivity index (χ1n) is 6.85. The number of rotatable bonds is 6. The summed E-state index contributed by atoms with van der Waals surface area (Å²) < 4.78 is 14.0. The van der Waals surface area contributed by atoms with Crippen molar-refractivity contribution in [1.82, 2.24) is 19.7 Å². The molecule has 25 heavy (non-hydrogen) atoms. The zero-order valence-electron chi connectivity index (χ0n) is 13.9. The first-order chi connectivity index (χ1) is 11.3. The van der Waals surface area contributed by atoms with Gasteiger partial charge in [0.25, 0.3) is 13.5 Å². The van der Waals surface area contributed by atoms with Crippen LogP contribution in [0.15, 0.2) is 18.2 Å². The maximum atomic E-state index is 13.1. The quantitative estimate of drug-likeness (QED) is 0.370. The average molecular weight is 471 g/mol. The smallest absolute Gasteiger partial charge is 0.285 e. The molecule has 1 aromatic carbocycles. The molecule has 0 saturated heterocycles. The molecule has 12 heteroatoms. The molecule has 1 aromatic rings. The van der Waals surface area contributed by atoms with Crippen LogP contribution in [0.2, 0.25) is 10.0 Å². The van der Waals surface area contributed by atoms with Gasteiger partial charge >= 0.3 is 0 Å². The Morgan fingerprint density at radius 1 is 1.12 bits per heavy atom. The van der Waals surface area contributed by atoms with E-state index in [0.717, 1.165) is 0 Å². The van der Waals surface area contributed by atoms with E-state index in [4.69, 9.17) is 58.0 Å². The molecule has 1 amide bonds. The molecule has 0 aliphatic carbocycles. The van der Waals surface area contributed by atoms with Crippen LogP contribution in [0.1, 0.15) is 10.4 Å². The number of carbonyl (C=O) groups is 1. The monoisotopic (exact) mass is 468 g/mol. The molecule has 0 fully saturated rings. The molecule has 142 valence electrons. The Kier molecular flexibility index (Phi) is 8.35. The van der Waals surface area contributed by atoms with Crippen LogP contribution in [0.3, 0.4) is 0 Å². The van der Waals surface area contributed by atoms with Crippen molar-refractivity contribution in [3.05, 3.63) is 33.8 Å². The van der Waals surface area contributed by atoms with Crippen molar-refractivity contribution >= 4 is 71.5 Å². The molecule has 1 rings (SSSR count). The van der Waals surface area contributed by atoms with Crippen molar-refractivity contribution in [3.8, 4) is 0 Å². The number of nitrogens with zero attached hydrogens (tertiary/aromatic N) is 2. The van der Waals surface area contributed by atoms with Gasteiger partial charge in [-0.05, 0) is 46.4 Å². The summed E-state index contributed by atoms with van der Waals surface area (Å²) in [6, 6.07) is 4.36. The summed E-state index contributed by atoms with van der Waals surface area (Å²) in [5.74, 6) is -0.616. The van der Waals surface area contributed by atoms with Crippen molar-refractivity contribution in [3.63, 3.8) is 0 Å². The Hall–Kier alpha value is 0.250. The van der Waals surface area contributed by atoms with Crippen molar-refractivity contribution in [2.45, 2.75) is 9.96 Å². The fourth-order valence-corrected chi connectivity index (χ4v) is 4.65. The molecule has 1 atom stereocenters. The molecule has 0 bridgehead atoms. The second kappa shape index (κ2) is 8.96. The van der Waals surface area contributed by atoms with E-state index in [-0.39, 0.29) is 10.6 Å². The highest BCUT2D eigenvalue weighted by Gasteiger charge is 2.41. The molecule has 2 N–H and O–H groups in total. The minimum atomic E-state index is -3.29. The summed E-state index contributed by atoms with van der Waals surface area (Å²) in [5.41, 5.74) is 0.136. The van der Waals surface area contributed by atoms with E-state index in [2.05, 4.69) is 10.4 Å². The van der Waals surface area contributed by atoms with E-state index in [9.17, 15) is 9.36 Å². The minimum Gasteiger partial charge on any atom is -0.332 e. The van der Waals surface area contributed by atoms with Crippen LogP contribution >= 0.6 is 65.6 Å². The number of hydrogen-bond acceptors (Lipinski definition) is 2. The first-order valence-corrected chi connectivity index (χ1v) is 10.4. The van der Waals surface area contributed by atoms with Gasteiger partial charge in [-0.1, -0.05) is 58.0 Å². The van der Waals surface area contributed by atoms with Crippen molar-refractivity contribution in [1.29, 1.82) is 0 Å². The van der Waals surface area contributed by atoms with Crippen LogP contribution in [0.4, 0.5) is 0 Å². The minimum absolute atomic E-state index is 0.136. The number of nitrogens with one attached hydrogen (secondary N) is 2. The maximum absolute atomic E-state index is 13.1. The van der Waals surface area contributed by atoms with Crippen LogP contribution in [-0.2, 0) is 4.57 Å². The summed E-state index contributed by atoms with van der Waals surface area (Å²) in [5, 5.41) is 5.72. The summed E-state index contributed by atoms with van der Waals surface area (Å²) in [6.07, 6.45) is -1.26. The summed E-state index contributed by atoms with van der Waals surface area (Å²) in [6.45, 7) is 0. The van der Waals surface area contributed by atoms with Gasteiger partial charge in [-0.3, -0.25) is 9.36 Å². The van der Waals surface area contributed by atoms with Gasteiger partial charge in [0.2, 0.25) is 3.79 Å². The molecule has 6 nitrogen and oxygen atoms in total. The number of hydrogen-bond donors (Lipinski definition) is 2. The van der Waals surface area contributed by atoms with Gasteiger partial charge in [0.15, 0.2) is 0 Å². The highest BCUT2D eigenvalue weighted by atomic mass is 35.6. The Bertz CT molecular complexity index is 669. The van der Waals surface area contributed by atoms with Crippen LogP contribution in [0.5, 0.6) is 0 Å². The van der Waals surface area contributed by atoms with Gasteiger partial charge in [0.1, 0.15) is 6.17 Å². The molecule has 0 aromatic heterocycles. The largest absolute Gasteiger partial charge is 0.332 e. The highest BCUT2D eigenvalue weighted by Crippen LogP contribution is 2.47. The van der Waals surface area contributed by atoms with Crippen LogP contribution in [-0.4, -0.2) is 53.4 Å². The van der Waals surface area contributed by atoms with Crippen molar-refractivity contribution < 1.29 is 9.36 Å². The lowest BCUT2D eigenvalue weighted by atomic mass is 10.2. The summed E-state index contributed by atoms with van der Waals surface area (Å²) in [4.78, 5) is 12.5. The average Bonchev–Trinajstić information content (AvgIpc) is 2.44. The number of benzene rings is 1. The van der Waals surface area contributed by atoms with Gasteiger partial charge in [-0.2, -0.15) is 0 Å². The Morgan fingerprint density at radius 3 is 2.04 bits per heavy atom. The van der Waals surface area contributed by atoms with Gasteiger partial charge in [-0.25, -0.2) is 14.4 Å². The van der Waals surface area contributed by atoms with Gasteiger partial charge in [0, 0.05) is 5.02 Å². The molecule has 0 aliphatic heterocycles. The third kappa shape index (κ3) is 6.13. The normalized spacial score (nSPS) is 14.0. The molecule has 0 spiro atoms. The van der Waals surface area contributed by atoms with E-state index < -0.39 is 23.5 Å². The molecular weight excluding hydrogens is 452 g/mol. The molecule has 0 heterocycles. The third-order valence-electron chi connectivity index (χ3n) is 3.16. The summed E-state index contributed by atoms with van der Waals surface area (Å²) >= 11 is 29.7. The molecule has 0 saturated carbocycles. The lowest BCUT2D eigenvalue weighted by molar-refractivity contribution is 0.0934. The second-order valence-electron chi connectivity index (χ2n) is 5.44. The molecule has 0 radical (unpaired) electrons. The lowest BCUT2D eigenvalue weighted by Crippen LogP contribution is -2.54. The SMILES string of the molecule is CN(C)P(=O)(NC(NC(=O)c1ccc(Cl)cc1Cl)C(Cl)(Cl)Cl)N(C)C. The zero-order valence-corrected chi connectivity index (χ0v) is 18.5. The van der Waals surface area contributed by atoms with Crippen molar-refractivity contribution in [2.75, 3.05) is 28.2 Å². The molecule has 0 aliphatic rings. The van der Waals surface area contributed by atoms with Crippen LogP contribution < -0.4 is 10.4 Å². The first kappa shape index (κ1) is 23.3. The maximum Gasteiger partial charge on any atom is 0.285 e. The number of amides is 1. The number of carbonyl (C=O) groups excluding carboxylic acids is 1. The van der Waals surface area contributed by atoms with Gasteiger partial charge in [-0.15, -0.1) is 0 Å². The topological polar surface area (TPSA) is 64.7 Å². The fraction of sp³-hybridized carbons (Fsp3) is 0.462. The van der Waals surface area contributed by atoms with E-state index >= 15 is 0 Å². The Labute approximate surface area is 172 Å². The van der Waals surface area contributed by atoms with E-state index in [1.807, 2.05) is 0 Å². The Balaban J connectivity index is 3.13. The predicted molar refractivity (Wildman–Crippen MR) is 106 cm³/mol. The molecule has 1 unspecified atom stereocenters. The predicted octanol–water partition coefficient (Wildman–Crippen LogP) is 4.24.